The molecule has 0 unspecified atom stereocenters. The summed E-state index contributed by atoms with van der Waals surface area (Å²) in [5.74, 6) is 1.09. The molecule has 0 saturated heterocycles. The summed E-state index contributed by atoms with van der Waals surface area (Å²) in [5, 5.41) is 0. The number of aromatic nitrogens is 1. The monoisotopic (exact) mass is 483 g/mol. The second kappa shape index (κ2) is 11.8. The van der Waals surface area contributed by atoms with Crippen molar-refractivity contribution < 1.29 is 13.2 Å². The summed E-state index contributed by atoms with van der Waals surface area (Å²) in [7, 11) is -1.58. The first-order chi connectivity index (χ1) is 16.1. The zero-order chi connectivity index (χ0) is 24.7. The third-order valence-electron chi connectivity index (χ3n) is 6.81. The molecule has 0 fully saturated rings. The van der Waals surface area contributed by atoms with E-state index in [-0.39, 0.29) is 23.5 Å². The Kier molecular flexibility index (Phi) is 9.03. The molecule has 2 aromatic rings. The number of allylic oxidation sites excluding steroid dienone is 1. The molecule has 0 aliphatic heterocycles. The Hall–Kier alpha value is -2.51. The van der Waals surface area contributed by atoms with E-state index in [4.69, 9.17) is 0 Å². The summed E-state index contributed by atoms with van der Waals surface area (Å²) in [5.41, 5.74) is 2.96. The second-order valence-corrected chi connectivity index (χ2v) is 11.6. The summed E-state index contributed by atoms with van der Waals surface area (Å²) >= 11 is 0. The Bertz CT molecular complexity index is 1070. The third-order valence-corrected chi connectivity index (χ3v) is 8.13. The van der Waals surface area contributed by atoms with E-state index >= 15 is 0 Å². The van der Waals surface area contributed by atoms with Gasteiger partial charge in [-0.2, -0.15) is 0 Å². The summed E-state index contributed by atoms with van der Waals surface area (Å²) in [6.07, 6.45) is 7.06. The maximum absolute atomic E-state index is 12.9. The molecule has 6 nitrogen and oxygen atoms in total. The van der Waals surface area contributed by atoms with Crippen molar-refractivity contribution in [2.24, 2.45) is 23.7 Å². The Morgan fingerprint density at radius 1 is 1.15 bits per heavy atom. The molecule has 3 rings (SSSR count). The average molecular weight is 484 g/mol. The van der Waals surface area contributed by atoms with Gasteiger partial charge in [0.25, 0.3) is 0 Å². The molecule has 3 atom stereocenters. The van der Waals surface area contributed by atoms with E-state index in [0.717, 1.165) is 17.5 Å². The van der Waals surface area contributed by atoms with Crippen LogP contribution in [0, 0.1) is 23.7 Å². The molecule has 0 saturated carbocycles. The standard InChI is InChI=1S/C27H37N3O3S/c1-20(2)26-14-24(15-27(31)30(4)18-23-11-8-12-28-16-23)21(3)13-25(26)17-29-34(32,33)19-22-9-6-5-7-10-22/h5-13,16,20,24-26,29H,14-15,17-19H2,1-4H3/t24-,25-,26-/m0/s1. The molecule has 0 radical (unpaired) electrons. The molecule has 1 aliphatic rings. The minimum absolute atomic E-state index is 0.0179. The smallest absolute Gasteiger partial charge is 0.223 e. The molecule has 1 N–H and O–H groups in total. The molecule has 0 bridgehead atoms. The van der Waals surface area contributed by atoms with Gasteiger partial charge in [-0.1, -0.05) is 61.9 Å². The first kappa shape index (κ1) is 26.1. The fourth-order valence-electron chi connectivity index (χ4n) is 4.80. The molecule has 1 heterocycles. The largest absolute Gasteiger partial charge is 0.341 e. The van der Waals surface area contributed by atoms with Crippen molar-refractivity contribution in [3.63, 3.8) is 0 Å². The van der Waals surface area contributed by atoms with E-state index in [9.17, 15) is 13.2 Å². The SMILES string of the molecule is CC1=C[C@@H](CNS(=O)(=O)Cc2ccccc2)[C@H](C(C)C)C[C@H]1CC(=O)N(C)Cc1cccnc1. The van der Waals surface area contributed by atoms with Gasteiger partial charge in [0.15, 0.2) is 0 Å². The number of nitrogens with one attached hydrogen (secondary N) is 1. The predicted molar refractivity (Wildman–Crippen MR) is 136 cm³/mol. The van der Waals surface area contributed by atoms with Crippen molar-refractivity contribution in [3.8, 4) is 0 Å². The molecule has 184 valence electrons. The fraction of sp³-hybridized carbons (Fsp3) is 0.481. The highest BCUT2D eigenvalue weighted by Crippen LogP contribution is 2.39. The highest BCUT2D eigenvalue weighted by atomic mass is 32.2. The Morgan fingerprint density at radius 3 is 2.50 bits per heavy atom. The number of sulfonamides is 1. The minimum atomic E-state index is -3.42. The first-order valence-electron chi connectivity index (χ1n) is 12.0. The van der Waals surface area contributed by atoms with E-state index < -0.39 is 10.0 Å². The highest BCUT2D eigenvalue weighted by Gasteiger charge is 2.33. The van der Waals surface area contributed by atoms with Gasteiger partial charge in [-0.05, 0) is 54.2 Å². The van der Waals surface area contributed by atoms with Gasteiger partial charge >= 0.3 is 0 Å². The van der Waals surface area contributed by atoms with Crippen molar-refractivity contribution >= 4 is 15.9 Å². The zero-order valence-corrected chi connectivity index (χ0v) is 21.5. The van der Waals surface area contributed by atoms with Gasteiger partial charge in [-0.25, -0.2) is 13.1 Å². The van der Waals surface area contributed by atoms with Gasteiger partial charge in [-0.3, -0.25) is 9.78 Å². The van der Waals surface area contributed by atoms with Gasteiger partial charge in [0.1, 0.15) is 0 Å². The topological polar surface area (TPSA) is 79.4 Å². The van der Waals surface area contributed by atoms with Crippen LogP contribution in [-0.2, 0) is 27.1 Å². The van der Waals surface area contributed by atoms with Crippen molar-refractivity contribution in [1.82, 2.24) is 14.6 Å². The van der Waals surface area contributed by atoms with Gasteiger partial charge in [0.2, 0.25) is 15.9 Å². The molecular weight excluding hydrogens is 446 g/mol. The van der Waals surface area contributed by atoms with Crippen LogP contribution >= 0.6 is 0 Å². The highest BCUT2D eigenvalue weighted by molar-refractivity contribution is 7.88. The van der Waals surface area contributed by atoms with Gasteiger partial charge in [-0.15, -0.1) is 0 Å². The predicted octanol–water partition coefficient (Wildman–Crippen LogP) is 4.40. The summed E-state index contributed by atoms with van der Waals surface area (Å²) < 4.78 is 28.1. The molecule has 1 aliphatic carbocycles. The number of pyridine rings is 1. The molecule has 1 aromatic carbocycles. The first-order valence-corrected chi connectivity index (χ1v) is 13.6. The van der Waals surface area contributed by atoms with Gasteiger partial charge < -0.3 is 4.90 Å². The van der Waals surface area contributed by atoms with Crippen LogP contribution in [0.2, 0.25) is 0 Å². The van der Waals surface area contributed by atoms with Crippen LogP contribution in [-0.4, -0.2) is 37.8 Å². The van der Waals surface area contributed by atoms with E-state index in [2.05, 4.69) is 36.6 Å². The number of carbonyl (C=O) groups is 1. The molecule has 0 spiro atoms. The van der Waals surface area contributed by atoms with Crippen molar-refractivity contribution in [3.05, 3.63) is 77.6 Å². The minimum Gasteiger partial charge on any atom is -0.341 e. The second-order valence-electron chi connectivity index (χ2n) is 9.82. The van der Waals surface area contributed by atoms with Crippen LogP contribution in [0.15, 0.2) is 66.5 Å². The Labute approximate surface area is 204 Å². The third kappa shape index (κ3) is 7.50. The van der Waals surface area contributed by atoms with E-state index in [0.29, 0.717) is 31.3 Å². The van der Waals surface area contributed by atoms with Crippen LogP contribution in [0.5, 0.6) is 0 Å². The number of rotatable bonds is 10. The van der Waals surface area contributed by atoms with Gasteiger partial charge in [0.05, 0.1) is 5.75 Å². The van der Waals surface area contributed by atoms with Crippen LogP contribution in [0.25, 0.3) is 0 Å². The van der Waals surface area contributed by atoms with Crippen LogP contribution < -0.4 is 4.72 Å². The summed E-state index contributed by atoms with van der Waals surface area (Å²) in [4.78, 5) is 18.8. The lowest BCUT2D eigenvalue weighted by molar-refractivity contribution is -0.131. The fourth-order valence-corrected chi connectivity index (χ4v) is 5.98. The van der Waals surface area contributed by atoms with Crippen molar-refractivity contribution in [2.45, 2.75) is 45.9 Å². The van der Waals surface area contributed by atoms with Gasteiger partial charge in [0, 0.05) is 39.0 Å². The Balaban J connectivity index is 1.62. The number of carbonyl (C=O) groups excluding carboxylic acids is 1. The normalized spacial score (nSPS) is 20.7. The number of amides is 1. The maximum Gasteiger partial charge on any atom is 0.223 e. The van der Waals surface area contributed by atoms with E-state index in [1.807, 2.05) is 49.5 Å². The average Bonchev–Trinajstić information content (AvgIpc) is 2.80. The van der Waals surface area contributed by atoms with E-state index in [1.54, 1.807) is 17.3 Å². The lowest BCUT2D eigenvalue weighted by Gasteiger charge is -2.37. The molecule has 7 heteroatoms. The van der Waals surface area contributed by atoms with Crippen LogP contribution in [0.1, 0.15) is 44.7 Å². The number of benzene rings is 1. The number of hydrogen-bond donors (Lipinski definition) is 1. The summed E-state index contributed by atoms with van der Waals surface area (Å²) in [6.45, 7) is 7.36. The zero-order valence-electron chi connectivity index (χ0n) is 20.6. The van der Waals surface area contributed by atoms with E-state index in [1.165, 1.54) is 5.57 Å². The molecule has 34 heavy (non-hydrogen) atoms. The maximum atomic E-state index is 12.9. The van der Waals surface area contributed by atoms with Crippen LogP contribution in [0.3, 0.4) is 0 Å². The summed E-state index contributed by atoms with van der Waals surface area (Å²) in [6, 6.07) is 13.1. The van der Waals surface area contributed by atoms with Crippen LogP contribution in [0.4, 0.5) is 0 Å². The van der Waals surface area contributed by atoms with Crippen molar-refractivity contribution in [1.29, 1.82) is 0 Å². The number of nitrogens with zero attached hydrogens (tertiary/aromatic N) is 2. The molecule has 1 aromatic heterocycles. The Morgan fingerprint density at radius 2 is 1.85 bits per heavy atom. The lowest BCUT2D eigenvalue weighted by Crippen LogP contribution is -2.38. The lowest BCUT2D eigenvalue weighted by atomic mass is 9.70. The van der Waals surface area contributed by atoms with Crippen molar-refractivity contribution in [2.75, 3.05) is 13.6 Å². The number of hydrogen-bond acceptors (Lipinski definition) is 4. The molecule has 1 amide bonds. The quantitative estimate of drug-likeness (QED) is 0.508. The molecular formula is C27H37N3O3S.